The van der Waals surface area contributed by atoms with E-state index in [1.54, 1.807) is 6.07 Å². The highest BCUT2D eigenvalue weighted by atomic mass is 19.1. The maximum absolute atomic E-state index is 13.7. The van der Waals surface area contributed by atoms with Crippen LogP contribution in [-0.4, -0.2) is 18.4 Å². The Morgan fingerprint density at radius 1 is 1.53 bits per heavy atom. The zero-order valence-electron chi connectivity index (χ0n) is 11.4. The third-order valence-corrected chi connectivity index (χ3v) is 3.90. The number of methoxy groups -OCH3 is 1. The van der Waals surface area contributed by atoms with Crippen molar-refractivity contribution in [1.29, 1.82) is 0 Å². The number of hydrogen-bond acceptors (Lipinski definition) is 3. The van der Waals surface area contributed by atoms with Crippen molar-refractivity contribution in [2.24, 2.45) is 11.7 Å². The Morgan fingerprint density at radius 2 is 2.26 bits per heavy atom. The predicted octanol–water partition coefficient (Wildman–Crippen LogP) is 2.92. The molecule has 0 heterocycles. The molecule has 19 heavy (non-hydrogen) atoms. The number of nitrogens with two attached hydrogens (primary N) is 1. The van der Waals surface area contributed by atoms with Crippen LogP contribution in [0.4, 0.5) is 4.39 Å². The van der Waals surface area contributed by atoms with E-state index in [1.165, 1.54) is 19.2 Å². The molecule has 0 radical (unpaired) electrons. The Bertz CT molecular complexity index is 489. The van der Waals surface area contributed by atoms with Gasteiger partial charge in [0, 0.05) is 5.56 Å². The fourth-order valence-corrected chi connectivity index (χ4v) is 2.89. The molecular formula is C15H20FNO2. The van der Waals surface area contributed by atoms with Gasteiger partial charge in [0.25, 0.3) is 0 Å². The summed E-state index contributed by atoms with van der Waals surface area (Å²) in [6, 6.07) is 4.27. The van der Waals surface area contributed by atoms with Gasteiger partial charge in [-0.25, -0.2) is 4.39 Å². The summed E-state index contributed by atoms with van der Waals surface area (Å²) in [6.45, 7) is 2.10. The van der Waals surface area contributed by atoms with Gasteiger partial charge in [0.1, 0.15) is 0 Å². The van der Waals surface area contributed by atoms with E-state index in [9.17, 15) is 9.18 Å². The lowest BCUT2D eigenvalue weighted by Crippen LogP contribution is -2.51. The van der Waals surface area contributed by atoms with Crippen LogP contribution in [0.3, 0.4) is 0 Å². The van der Waals surface area contributed by atoms with Crippen molar-refractivity contribution >= 4 is 5.78 Å². The second-order valence-corrected chi connectivity index (χ2v) is 5.54. The summed E-state index contributed by atoms with van der Waals surface area (Å²) in [5.74, 6) is -0.119. The quantitative estimate of drug-likeness (QED) is 0.855. The molecule has 2 rings (SSSR count). The van der Waals surface area contributed by atoms with Crippen molar-refractivity contribution in [2.45, 2.75) is 38.1 Å². The third kappa shape index (κ3) is 2.78. The number of Topliss-reactive ketones (excluding diaryl/α,β-unsaturated/α-hetero) is 1. The standard InChI is InChI=1S/C15H20FNO2/c1-10-4-3-7-15(17,9-10)14(18)11-5-6-13(19-2)12(16)8-11/h5-6,8,10H,3-4,7,9,17H2,1-2H3. The van der Waals surface area contributed by atoms with Gasteiger partial charge in [-0.2, -0.15) is 0 Å². The number of hydrogen-bond donors (Lipinski definition) is 1. The average molecular weight is 265 g/mol. The smallest absolute Gasteiger partial charge is 0.182 e. The minimum absolute atomic E-state index is 0.139. The highest BCUT2D eigenvalue weighted by molar-refractivity contribution is 6.03. The number of carbonyl (C=O) groups is 1. The van der Waals surface area contributed by atoms with Crippen molar-refractivity contribution in [1.82, 2.24) is 0 Å². The molecule has 1 aliphatic carbocycles. The van der Waals surface area contributed by atoms with Crippen LogP contribution in [-0.2, 0) is 0 Å². The molecule has 2 atom stereocenters. The molecule has 3 nitrogen and oxygen atoms in total. The van der Waals surface area contributed by atoms with E-state index in [0.29, 0.717) is 24.3 Å². The average Bonchev–Trinajstić information content (AvgIpc) is 2.37. The summed E-state index contributed by atoms with van der Waals surface area (Å²) in [5.41, 5.74) is 5.72. The Kier molecular flexibility index (Phi) is 3.90. The van der Waals surface area contributed by atoms with Crippen LogP contribution >= 0.6 is 0 Å². The number of ketones is 1. The first kappa shape index (κ1) is 14.0. The van der Waals surface area contributed by atoms with E-state index in [-0.39, 0.29) is 11.5 Å². The first-order valence-electron chi connectivity index (χ1n) is 6.63. The van der Waals surface area contributed by atoms with Crippen molar-refractivity contribution in [3.8, 4) is 5.75 Å². The van der Waals surface area contributed by atoms with Gasteiger partial charge in [-0.3, -0.25) is 4.79 Å². The fourth-order valence-electron chi connectivity index (χ4n) is 2.89. The molecule has 0 spiro atoms. The van der Waals surface area contributed by atoms with E-state index in [2.05, 4.69) is 6.92 Å². The van der Waals surface area contributed by atoms with E-state index >= 15 is 0 Å². The largest absolute Gasteiger partial charge is 0.494 e. The van der Waals surface area contributed by atoms with Gasteiger partial charge >= 0.3 is 0 Å². The van der Waals surface area contributed by atoms with Crippen molar-refractivity contribution in [2.75, 3.05) is 7.11 Å². The van der Waals surface area contributed by atoms with Crippen LogP contribution in [0.5, 0.6) is 5.75 Å². The molecule has 1 aromatic rings. The van der Waals surface area contributed by atoms with Crippen LogP contribution in [0.25, 0.3) is 0 Å². The summed E-state index contributed by atoms with van der Waals surface area (Å²) < 4.78 is 18.5. The van der Waals surface area contributed by atoms with Gasteiger partial charge < -0.3 is 10.5 Å². The van der Waals surface area contributed by atoms with E-state index in [1.807, 2.05) is 0 Å². The summed E-state index contributed by atoms with van der Waals surface area (Å²) in [6.07, 6.45) is 3.38. The molecule has 0 aromatic heterocycles. The second-order valence-electron chi connectivity index (χ2n) is 5.54. The third-order valence-electron chi connectivity index (χ3n) is 3.90. The van der Waals surface area contributed by atoms with Crippen LogP contribution < -0.4 is 10.5 Å². The molecule has 1 fully saturated rings. The fraction of sp³-hybridized carbons (Fsp3) is 0.533. The maximum Gasteiger partial charge on any atom is 0.182 e. The van der Waals surface area contributed by atoms with Crippen LogP contribution in [0, 0.1) is 11.7 Å². The number of rotatable bonds is 3. The topological polar surface area (TPSA) is 52.3 Å². The van der Waals surface area contributed by atoms with Crippen LogP contribution in [0.2, 0.25) is 0 Å². The minimum Gasteiger partial charge on any atom is -0.494 e. The van der Waals surface area contributed by atoms with Crippen molar-refractivity contribution in [3.63, 3.8) is 0 Å². The lowest BCUT2D eigenvalue weighted by molar-refractivity contribution is 0.0819. The van der Waals surface area contributed by atoms with Crippen molar-refractivity contribution in [3.05, 3.63) is 29.6 Å². The van der Waals surface area contributed by atoms with Gasteiger partial charge in [-0.1, -0.05) is 19.8 Å². The molecule has 1 aliphatic rings. The molecule has 2 N–H and O–H groups in total. The number of ether oxygens (including phenoxy) is 1. The van der Waals surface area contributed by atoms with E-state index in [0.717, 1.165) is 12.8 Å². The van der Waals surface area contributed by atoms with Crippen molar-refractivity contribution < 1.29 is 13.9 Å². The Balaban J connectivity index is 2.26. The molecule has 0 bridgehead atoms. The lowest BCUT2D eigenvalue weighted by atomic mass is 9.73. The zero-order valence-corrected chi connectivity index (χ0v) is 11.4. The monoisotopic (exact) mass is 265 g/mol. The first-order valence-corrected chi connectivity index (χ1v) is 6.63. The molecule has 0 amide bonds. The highest BCUT2D eigenvalue weighted by Gasteiger charge is 2.38. The normalized spacial score (nSPS) is 27.1. The van der Waals surface area contributed by atoms with Gasteiger partial charge in [0.15, 0.2) is 17.3 Å². The Labute approximate surface area is 112 Å². The van der Waals surface area contributed by atoms with Crippen LogP contribution in [0.1, 0.15) is 43.0 Å². The number of halogens is 1. The molecule has 1 aromatic carbocycles. The number of benzene rings is 1. The molecule has 104 valence electrons. The van der Waals surface area contributed by atoms with Gasteiger partial charge in [0.05, 0.1) is 12.6 Å². The molecule has 2 unspecified atom stereocenters. The highest BCUT2D eigenvalue weighted by Crippen LogP contribution is 2.33. The lowest BCUT2D eigenvalue weighted by Gasteiger charge is -2.35. The summed E-state index contributed by atoms with van der Waals surface area (Å²) in [5, 5.41) is 0. The molecule has 0 saturated heterocycles. The zero-order chi connectivity index (χ0) is 14.0. The molecule has 1 saturated carbocycles. The molecular weight excluding hydrogens is 245 g/mol. The van der Waals surface area contributed by atoms with E-state index < -0.39 is 11.4 Å². The second kappa shape index (κ2) is 5.29. The SMILES string of the molecule is COc1ccc(C(=O)C2(N)CCCC(C)C2)cc1F. The van der Waals surface area contributed by atoms with Gasteiger partial charge in [-0.15, -0.1) is 0 Å². The molecule has 4 heteroatoms. The van der Waals surface area contributed by atoms with Gasteiger partial charge in [-0.05, 0) is 37.0 Å². The predicted molar refractivity (Wildman–Crippen MR) is 71.8 cm³/mol. The van der Waals surface area contributed by atoms with Gasteiger partial charge in [0.2, 0.25) is 0 Å². The Morgan fingerprint density at radius 3 is 2.84 bits per heavy atom. The maximum atomic E-state index is 13.7. The first-order chi connectivity index (χ1) is 8.96. The number of carbonyl (C=O) groups excluding carboxylic acids is 1. The summed E-state index contributed by atoms with van der Waals surface area (Å²) in [7, 11) is 1.40. The minimum atomic E-state index is -0.849. The molecule has 0 aliphatic heterocycles. The van der Waals surface area contributed by atoms with E-state index in [4.69, 9.17) is 10.5 Å². The summed E-state index contributed by atoms with van der Waals surface area (Å²) in [4.78, 5) is 12.5. The Hall–Kier alpha value is -1.42. The van der Waals surface area contributed by atoms with Crippen LogP contribution in [0.15, 0.2) is 18.2 Å². The summed E-state index contributed by atoms with van der Waals surface area (Å²) >= 11 is 0.